The number of nitrogens with one attached hydrogen (secondary N) is 1. The Morgan fingerprint density at radius 2 is 1.74 bits per heavy atom. The molecule has 2 aromatic carbocycles. The fourth-order valence-corrected chi connectivity index (χ4v) is 3.18. The summed E-state index contributed by atoms with van der Waals surface area (Å²) >= 11 is 0. The van der Waals surface area contributed by atoms with Gasteiger partial charge in [0.1, 0.15) is 5.75 Å². The van der Waals surface area contributed by atoms with Crippen LogP contribution < -0.4 is 15.0 Å². The van der Waals surface area contributed by atoms with Gasteiger partial charge < -0.3 is 15.0 Å². The molecule has 31 heavy (non-hydrogen) atoms. The second kappa shape index (κ2) is 8.38. The van der Waals surface area contributed by atoms with Gasteiger partial charge in [-0.25, -0.2) is 0 Å². The first kappa shape index (κ1) is 21.7. The van der Waals surface area contributed by atoms with Crippen molar-refractivity contribution in [2.75, 3.05) is 16.8 Å². The van der Waals surface area contributed by atoms with Gasteiger partial charge in [0, 0.05) is 30.4 Å². The standard InChI is InChI=1S/C20H20N4O7/c1-11(2)10-22-17-5-4-14(8-18(17)31-12(3)20(22)26)21-19(25)13-6-15(23(27)28)9-16(7-13)24(29)30/h4-9,11-12H,10H2,1-3H3,(H,21,25). The molecule has 0 aromatic heterocycles. The van der Waals surface area contributed by atoms with Crippen LogP contribution in [0, 0.1) is 26.1 Å². The molecule has 162 valence electrons. The monoisotopic (exact) mass is 428 g/mol. The zero-order valence-electron chi connectivity index (χ0n) is 17.0. The van der Waals surface area contributed by atoms with E-state index in [1.165, 1.54) is 6.07 Å². The molecular weight excluding hydrogens is 408 g/mol. The molecule has 2 aromatic rings. The number of rotatable bonds is 6. The minimum atomic E-state index is -0.807. The van der Waals surface area contributed by atoms with Gasteiger partial charge in [0.2, 0.25) is 0 Å². The van der Waals surface area contributed by atoms with Crippen LogP contribution in [0.15, 0.2) is 36.4 Å². The first-order chi connectivity index (χ1) is 14.6. The van der Waals surface area contributed by atoms with Crippen molar-refractivity contribution in [3.8, 4) is 5.75 Å². The average molecular weight is 428 g/mol. The number of anilines is 2. The van der Waals surface area contributed by atoms with Crippen LogP contribution in [0.4, 0.5) is 22.7 Å². The van der Waals surface area contributed by atoms with Crippen molar-refractivity contribution in [2.45, 2.75) is 26.9 Å². The Balaban J connectivity index is 1.90. The maximum atomic E-state index is 12.6. The topological polar surface area (TPSA) is 145 Å². The van der Waals surface area contributed by atoms with E-state index in [1.54, 1.807) is 24.0 Å². The van der Waals surface area contributed by atoms with E-state index >= 15 is 0 Å². The minimum Gasteiger partial charge on any atom is -0.479 e. The van der Waals surface area contributed by atoms with Gasteiger partial charge in [0.25, 0.3) is 23.2 Å². The van der Waals surface area contributed by atoms with Crippen molar-refractivity contribution in [3.63, 3.8) is 0 Å². The number of benzene rings is 2. The minimum absolute atomic E-state index is 0.165. The first-order valence-corrected chi connectivity index (χ1v) is 9.44. The van der Waals surface area contributed by atoms with Gasteiger partial charge >= 0.3 is 0 Å². The predicted octanol–water partition coefficient (Wildman–Crippen LogP) is 3.53. The molecule has 0 saturated heterocycles. The molecule has 0 bridgehead atoms. The smallest absolute Gasteiger partial charge is 0.277 e. The molecule has 3 rings (SSSR count). The summed E-state index contributed by atoms with van der Waals surface area (Å²) in [5, 5.41) is 24.6. The van der Waals surface area contributed by atoms with Gasteiger partial charge in [-0.05, 0) is 25.0 Å². The SMILES string of the molecule is CC(C)CN1C(=O)C(C)Oc2cc(NC(=O)c3cc([N+](=O)[O-])cc([N+](=O)[O-])c3)ccc21. The highest BCUT2D eigenvalue weighted by atomic mass is 16.6. The van der Waals surface area contributed by atoms with Gasteiger partial charge in [-0.15, -0.1) is 0 Å². The molecule has 1 unspecified atom stereocenters. The third-order valence-electron chi connectivity index (χ3n) is 4.56. The van der Waals surface area contributed by atoms with Crippen LogP contribution in [0.5, 0.6) is 5.75 Å². The summed E-state index contributed by atoms with van der Waals surface area (Å²) in [6, 6.07) is 7.43. The lowest BCUT2D eigenvalue weighted by Crippen LogP contribution is -2.46. The number of hydrogen-bond acceptors (Lipinski definition) is 7. The summed E-state index contributed by atoms with van der Waals surface area (Å²) in [7, 11) is 0. The summed E-state index contributed by atoms with van der Waals surface area (Å²) in [5.74, 6) is -0.297. The molecule has 1 N–H and O–H groups in total. The number of fused-ring (bicyclic) bond motifs is 1. The summed E-state index contributed by atoms with van der Waals surface area (Å²) in [6.45, 7) is 6.11. The lowest BCUT2D eigenvalue weighted by Gasteiger charge is -2.34. The molecule has 0 aliphatic carbocycles. The van der Waals surface area contributed by atoms with E-state index in [2.05, 4.69) is 5.32 Å². The second-order valence-electron chi connectivity index (χ2n) is 7.49. The fourth-order valence-electron chi connectivity index (χ4n) is 3.18. The van der Waals surface area contributed by atoms with Crippen molar-refractivity contribution >= 4 is 34.6 Å². The fraction of sp³-hybridized carbons (Fsp3) is 0.300. The van der Waals surface area contributed by atoms with Crippen LogP contribution in [0.3, 0.4) is 0 Å². The average Bonchev–Trinajstić information content (AvgIpc) is 2.70. The van der Waals surface area contributed by atoms with Gasteiger partial charge in [-0.2, -0.15) is 0 Å². The van der Waals surface area contributed by atoms with Gasteiger partial charge in [0.05, 0.1) is 27.2 Å². The molecular formula is C20H20N4O7. The summed E-state index contributed by atoms with van der Waals surface area (Å²) in [4.78, 5) is 47.1. The van der Waals surface area contributed by atoms with Crippen LogP contribution in [0.1, 0.15) is 31.1 Å². The van der Waals surface area contributed by atoms with E-state index < -0.39 is 33.2 Å². The van der Waals surface area contributed by atoms with Crippen molar-refractivity contribution in [3.05, 3.63) is 62.2 Å². The first-order valence-electron chi connectivity index (χ1n) is 9.44. The Bertz CT molecular complexity index is 1050. The third kappa shape index (κ3) is 4.60. The van der Waals surface area contributed by atoms with E-state index in [0.29, 0.717) is 23.7 Å². The number of nitro benzene ring substituents is 2. The molecule has 11 heteroatoms. The number of carbonyl (C=O) groups excluding carboxylic acids is 2. The maximum absolute atomic E-state index is 12.6. The molecule has 1 atom stereocenters. The summed E-state index contributed by atoms with van der Waals surface area (Å²) in [6.07, 6.45) is -0.698. The molecule has 0 fully saturated rings. The number of non-ortho nitro benzene ring substituents is 2. The number of ether oxygens (including phenoxy) is 1. The molecule has 2 amide bonds. The Kier molecular flexibility index (Phi) is 5.86. The van der Waals surface area contributed by atoms with E-state index in [-0.39, 0.29) is 17.4 Å². The second-order valence-corrected chi connectivity index (χ2v) is 7.49. The quantitative estimate of drug-likeness (QED) is 0.547. The number of carbonyl (C=O) groups is 2. The molecule has 0 saturated carbocycles. The van der Waals surface area contributed by atoms with Crippen molar-refractivity contribution < 1.29 is 24.2 Å². The number of hydrogen-bond donors (Lipinski definition) is 1. The lowest BCUT2D eigenvalue weighted by molar-refractivity contribution is -0.394. The normalized spacial score (nSPS) is 15.3. The molecule has 1 heterocycles. The summed E-state index contributed by atoms with van der Waals surface area (Å²) < 4.78 is 5.66. The van der Waals surface area contributed by atoms with Crippen LogP contribution in [0.25, 0.3) is 0 Å². The van der Waals surface area contributed by atoms with Crippen LogP contribution in [-0.2, 0) is 4.79 Å². The zero-order chi connectivity index (χ0) is 22.9. The Morgan fingerprint density at radius 3 is 2.29 bits per heavy atom. The Morgan fingerprint density at radius 1 is 1.13 bits per heavy atom. The van der Waals surface area contributed by atoms with Gasteiger partial charge in [0.15, 0.2) is 6.10 Å². The van der Waals surface area contributed by atoms with Crippen molar-refractivity contribution in [2.24, 2.45) is 5.92 Å². The summed E-state index contributed by atoms with van der Waals surface area (Å²) in [5.41, 5.74) is -0.483. The van der Waals surface area contributed by atoms with E-state index in [1.807, 2.05) is 13.8 Å². The maximum Gasteiger partial charge on any atom is 0.277 e. The van der Waals surface area contributed by atoms with Crippen molar-refractivity contribution in [1.29, 1.82) is 0 Å². The Labute approximate surface area is 176 Å². The van der Waals surface area contributed by atoms with Gasteiger partial charge in [-0.1, -0.05) is 13.8 Å². The van der Waals surface area contributed by atoms with Crippen LogP contribution >= 0.6 is 0 Å². The lowest BCUT2D eigenvalue weighted by atomic mass is 10.1. The number of nitrogens with zero attached hydrogens (tertiary/aromatic N) is 3. The Hall–Kier alpha value is -4.02. The molecule has 1 aliphatic rings. The highest BCUT2D eigenvalue weighted by Gasteiger charge is 2.32. The van der Waals surface area contributed by atoms with E-state index in [9.17, 15) is 29.8 Å². The van der Waals surface area contributed by atoms with E-state index in [0.717, 1.165) is 18.2 Å². The molecule has 1 aliphatic heterocycles. The van der Waals surface area contributed by atoms with Crippen molar-refractivity contribution in [1.82, 2.24) is 0 Å². The largest absolute Gasteiger partial charge is 0.479 e. The molecule has 0 radical (unpaired) electrons. The highest BCUT2D eigenvalue weighted by Crippen LogP contribution is 2.37. The zero-order valence-corrected chi connectivity index (χ0v) is 17.0. The van der Waals surface area contributed by atoms with Crippen LogP contribution in [0.2, 0.25) is 0 Å². The third-order valence-corrected chi connectivity index (χ3v) is 4.56. The van der Waals surface area contributed by atoms with E-state index in [4.69, 9.17) is 4.74 Å². The molecule has 0 spiro atoms. The highest BCUT2D eigenvalue weighted by molar-refractivity contribution is 6.06. The predicted molar refractivity (Wildman–Crippen MR) is 111 cm³/mol. The van der Waals surface area contributed by atoms with Crippen LogP contribution in [-0.4, -0.2) is 34.3 Å². The number of amides is 2. The molecule has 11 nitrogen and oxygen atoms in total. The van der Waals surface area contributed by atoms with Gasteiger partial charge in [-0.3, -0.25) is 29.8 Å². The number of nitro groups is 2.